The highest BCUT2D eigenvalue weighted by molar-refractivity contribution is 8.13. The molecule has 1 fully saturated rings. The van der Waals surface area contributed by atoms with E-state index in [0.29, 0.717) is 11.9 Å². The van der Waals surface area contributed by atoms with E-state index >= 15 is 0 Å². The Balaban J connectivity index is 2.16. The first-order chi connectivity index (χ1) is 7.55. The fourth-order valence-corrected chi connectivity index (χ4v) is 2.62. The molecule has 16 heavy (non-hydrogen) atoms. The maximum atomic E-state index is 11.1. The van der Waals surface area contributed by atoms with Crippen LogP contribution in [0, 0.1) is 0 Å². The first-order valence-corrected chi connectivity index (χ1v) is 7.55. The zero-order valence-corrected chi connectivity index (χ0v) is 10.3. The lowest BCUT2D eigenvalue weighted by Crippen LogP contribution is -2.15. The molecule has 0 bridgehead atoms. The number of halogens is 1. The molecule has 1 saturated carbocycles. The molecule has 88 valence electrons. The molecule has 1 N–H and O–H groups in total. The molecular formula is C10H13ClN2O2S. The van der Waals surface area contributed by atoms with Crippen LogP contribution in [0.5, 0.6) is 0 Å². The number of nitrogens with zero attached hydrogens (tertiary/aromatic N) is 1. The maximum absolute atomic E-state index is 11.1. The molecule has 6 heteroatoms. The van der Waals surface area contributed by atoms with Gasteiger partial charge in [-0.1, -0.05) is 18.9 Å². The molecule has 1 aromatic heterocycles. The average molecular weight is 261 g/mol. The second-order valence-electron chi connectivity index (χ2n) is 3.92. The van der Waals surface area contributed by atoms with Crippen molar-refractivity contribution in [1.29, 1.82) is 0 Å². The van der Waals surface area contributed by atoms with Crippen LogP contribution in [0.15, 0.2) is 23.2 Å². The largest absolute Gasteiger partial charge is 0.367 e. The van der Waals surface area contributed by atoms with Crippen molar-refractivity contribution in [2.75, 3.05) is 5.32 Å². The lowest BCUT2D eigenvalue weighted by molar-refractivity contribution is 0.606. The minimum absolute atomic E-state index is 0.0998. The lowest BCUT2D eigenvalue weighted by Gasteiger charge is -2.12. The van der Waals surface area contributed by atoms with Crippen LogP contribution in [0.1, 0.15) is 25.7 Å². The molecule has 0 atom stereocenters. The number of nitrogens with one attached hydrogen (secondary N) is 1. The van der Waals surface area contributed by atoms with Crippen molar-refractivity contribution in [3.8, 4) is 0 Å². The molecule has 1 aromatic rings. The number of rotatable bonds is 3. The minimum atomic E-state index is -3.74. The Morgan fingerprint density at radius 3 is 2.62 bits per heavy atom. The summed E-state index contributed by atoms with van der Waals surface area (Å²) in [7, 11) is 1.49. The van der Waals surface area contributed by atoms with Crippen LogP contribution in [-0.2, 0) is 9.05 Å². The second kappa shape index (κ2) is 4.59. The number of hydrogen-bond acceptors (Lipinski definition) is 4. The van der Waals surface area contributed by atoms with Gasteiger partial charge < -0.3 is 5.32 Å². The van der Waals surface area contributed by atoms with Crippen molar-refractivity contribution >= 4 is 25.6 Å². The predicted molar refractivity (Wildman–Crippen MR) is 63.2 cm³/mol. The SMILES string of the molecule is O=S(=O)(Cl)c1cccc(NC2CCCC2)n1. The molecule has 0 unspecified atom stereocenters. The summed E-state index contributed by atoms with van der Waals surface area (Å²) >= 11 is 0. The third-order valence-electron chi connectivity index (χ3n) is 2.68. The third kappa shape index (κ3) is 2.86. The Morgan fingerprint density at radius 2 is 2.00 bits per heavy atom. The zero-order valence-electron chi connectivity index (χ0n) is 8.69. The van der Waals surface area contributed by atoms with E-state index in [1.165, 1.54) is 18.9 Å². The number of aromatic nitrogens is 1. The highest BCUT2D eigenvalue weighted by Crippen LogP contribution is 2.22. The molecular weight excluding hydrogens is 248 g/mol. The third-order valence-corrected chi connectivity index (χ3v) is 3.88. The van der Waals surface area contributed by atoms with Crippen LogP contribution in [0.2, 0.25) is 0 Å². The van der Waals surface area contributed by atoms with Crippen LogP contribution in [0.3, 0.4) is 0 Å². The highest BCUT2D eigenvalue weighted by atomic mass is 35.7. The van der Waals surface area contributed by atoms with Gasteiger partial charge in [-0.05, 0) is 25.0 Å². The van der Waals surface area contributed by atoms with Gasteiger partial charge in [-0.25, -0.2) is 13.4 Å². The molecule has 1 aliphatic carbocycles. The van der Waals surface area contributed by atoms with Crippen LogP contribution in [-0.4, -0.2) is 19.4 Å². The van der Waals surface area contributed by atoms with E-state index in [1.807, 2.05) is 0 Å². The van der Waals surface area contributed by atoms with Crippen molar-refractivity contribution in [2.45, 2.75) is 36.8 Å². The standard InChI is InChI=1S/C10H13ClN2O2S/c11-16(14,15)10-7-3-6-9(13-10)12-8-4-1-2-5-8/h3,6-8H,1-2,4-5H2,(H,12,13). The molecule has 0 aromatic carbocycles. The molecule has 0 radical (unpaired) electrons. The van der Waals surface area contributed by atoms with E-state index in [4.69, 9.17) is 10.7 Å². The molecule has 2 rings (SSSR count). The van der Waals surface area contributed by atoms with Gasteiger partial charge in [0.15, 0.2) is 5.03 Å². The normalized spacial score (nSPS) is 17.6. The van der Waals surface area contributed by atoms with Crippen molar-refractivity contribution < 1.29 is 8.42 Å². The lowest BCUT2D eigenvalue weighted by atomic mass is 10.2. The van der Waals surface area contributed by atoms with E-state index in [2.05, 4.69) is 10.3 Å². The fourth-order valence-electron chi connectivity index (χ4n) is 1.91. The molecule has 0 spiro atoms. The molecule has 1 heterocycles. The number of anilines is 1. The summed E-state index contributed by atoms with van der Waals surface area (Å²) in [6, 6.07) is 5.19. The Morgan fingerprint density at radius 1 is 1.31 bits per heavy atom. The monoisotopic (exact) mass is 260 g/mol. The Bertz CT molecular complexity index is 469. The minimum Gasteiger partial charge on any atom is -0.367 e. The molecule has 4 nitrogen and oxygen atoms in total. The summed E-state index contributed by atoms with van der Waals surface area (Å²) in [5.74, 6) is 0.577. The van der Waals surface area contributed by atoms with Gasteiger partial charge in [-0.2, -0.15) is 0 Å². The van der Waals surface area contributed by atoms with Crippen LogP contribution in [0.25, 0.3) is 0 Å². The summed E-state index contributed by atoms with van der Waals surface area (Å²) in [4.78, 5) is 3.98. The van der Waals surface area contributed by atoms with E-state index in [-0.39, 0.29) is 5.03 Å². The summed E-state index contributed by atoms with van der Waals surface area (Å²) in [6.07, 6.45) is 4.65. The quantitative estimate of drug-likeness (QED) is 0.848. The average Bonchev–Trinajstić information content (AvgIpc) is 2.70. The van der Waals surface area contributed by atoms with Crippen molar-refractivity contribution in [3.63, 3.8) is 0 Å². The second-order valence-corrected chi connectivity index (χ2v) is 6.44. The summed E-state index contributed by atoms with van der Waals surface area (Å²) in [6.45, 7) is 0. The summed E-state index contributed by atoms with van der Waals surface area (Å²) in [5, 5.41) is 3.12. The van der Waals surface area contributed by atoms with E-state index in [9.17, 15) is 8.42 Å². The molecule has 0 saturated heterocycles. The molecule has 0 aliphatic heterocycles. The number of hydrogen-bond donors (Lipinski definition) is 1. The Labute approximate surface area is 99.5 Å². The van der Waals surface area contributed by atoms with Gasteiger partial charge in [-0.15, -0.1) is 0 Å². The van der Waals surface area contributed by atoms with Gasteiger partial charge in [0.2, 0.25) is 0 Å². The Hall–Kier alpha value is -0.810. The first kappa shape index (κ1) is 11.7. The number of pyridine rings is 1. The van der Waals surface area contributed by atoms with Gasteiger partial charge >= 0.3 is 0 Å². The van der Waals surface area contributed by atoms with E-state index in [1.54, 1.807) is 12.1 Å². The van der Waals surface area contributed by atoms with Gasteiger partial charge in [0, 0.05) is 16.7 Å². The van der Waals surface area contributed by atoms with E-state index < -0.39 is 9.05 Å². The zero-order chi connectivity index (χ0) is 11.6. The van der Waals surface area contributed by atoms with Gasteiger partial charge in [0.05, 0.1) is 0 Å². The maximum Gasteiger partial charge on any atom is 0.278 e. The van der Waals surface area contributed by atoms with Gasteiger partial charge in [-0.3, -0.25) is 0 Å². The predicted octanol–water partition coefficient (Wildman–Crippen LogP) is 2.36. The van der Waals surface area contributed by atoms with Crippen LogP contribution in [0.4, 0.5) is 5.82 Å². The first-order valence-electron chi connectivity index (χ1n) is 5.24. The topological polar surface area (TPSA) is 59.1 Å². The fraction of sp³-hybridized carbons (Fsp3) is 0.500. The van der Waals surface area contributed by atoms with Crippen molar-refractivity contribution in [3.05, 3.63) is 18.2 Å². The van der Waals surface area contributed by atoms with Crippen molar-refractivity contribution in [2.24, 2.45) is 0 Å². The summed E-state index contributed by atoms with van der Waals surface area (Å²) in [5.41, 5.74) is 0. The van der Waals surface area contributed by atoms with Crippen LogP contribution >= 0.6 is 10.7 Å². The van der Waals surface area contributed by atoms with Gasteiger partial charge in [0.1, 0.15) is 5.82 Å². The smallest absolute Gasteiger partial charge is 0.278 e. The van der Waals surface area contributed by atoms with E-state index in [0.717, 1.165) is 12.8 Å². The molecule has 0 amide bonds. The molecule has 1 aliphatic rings. The summed E-state index contributed by atoms with van der Waals surface area (Å²) < 4.78 is 22.2. The highest BCUT2D eigenvalue weighted by Gasteiger charge is 2.16. The van der Waals surface area contributed by atoms with Crippen molar-refractivity contribution in [1.82, 2.24) is 4.98 Å². The van der Waals surface area contributed by atoms with Crippen LogP contribution < -0.4 is 5.32 Å². The van der Waals surface area contributed by atoms with Gasteiger partial charge in [0.25, 0.3) is 9.05 Å². The Kier molecular flexibility index (Phi) is 3.35.